The van der Waals surface area contributed by atoms with Crippen molar-refractivity contribution in [3.8, 4) is 0 Å². The summed E-state index contributed by atoms with van der Waals surface area (Å²) in [5, 5.41) is 14.5. The summed E-state index contributed by atoms with van der Waals surface area (Å²) in [6, 6.07) is 8.21. The highest BCUT2D eigenvalue weighted by Gasteiger charge is 2.20. The lowest BCUT2D eigenvalue weighted by Crippen LogP contribution is -2.43. The number of amides is 2. The van der Waals surface area contributed by atoms with Crippen LogP contribution in [0.3, 0.4) is 0 Å². The molecule has 0 fully saturated rings. The van der Waals surface area contributed by atoms with Crippen molar-refractivity contribution in [1.82, 2.24) is 10.6 Å². The molecule has 0 bridgehead atoms. The second kappa shape index (κ2) is 7.93. The van der Waals surface area contributed by atoms with Crippen LogP contribution in [0.2, 0.25) is 0 Å². The second-order valence-corrected chi connectivity index (χ2v) is 6.87. The zero-order chi connectivity index (χ0) is 15.9. The summed E-state index contributed by atoms with van der Waals surface area (Å²) >= 11 is 1.66. The van der Waals surface area contributed by atoms with Gasteiger partial charge in [-0.05, 0) is 25.7 Å². The van der Waals surface area contributed by atoms with Crippen molar-refractivity contribution in [1.29, 1.82) is 0 Å². The van der Waals surface area contributed by atoms with Crippen LogP contribution in [0.4, 0.5) is 4.79 Å². The minimum atomic E-state index is -0.950. The number of carboxylic acids is 1. The quantitative estimate of drug-likeness (QED) is 0.723. The number of urea groups is 1. The number of carbonyl (C=O) groups excluding carboxylic acids is 1. The predicted molar refractivity (Wildman–Crippen MR) is 85.6 cm³/mol. The van der Waals surface area contributed by atoms with Crippen LogP contribution in [0.15, 0.2) is 30.3 Å². The summed E-state index contributed by atoms with van der Waals surface area (Å²) in [4.78, 5) is 22.9. The number of carbonyl (C=O) groups is 2. The van der Waals surface area contributed by atoms with E-state index in [1.165, 1.54) is 0 Å². The van der Waals surface area contributed by atoms with Crippen LogP contribution >= 0.6 is 11.8 Å². The van der Waals surface area contributed by atoms with E-state index in [-0.39, 0.29) is 17.2 Å². The van der Waals surface area contributed by atoms with E-state index in [1.54, 1.807) is 23.9 Å². The molecule has 0 aliphatic heterocycles. The summed E-state index contributed by atoms with van der Waals surface area (Å²) in [6.45, 7) is 4.57. The number of benzene rings is 1. The van der Waals surface area contributed by atoms with Gasteiger partial charge in [0.25, 0.3) is 0 Å². The van der Waals surface area contributed by atoms with E-state index < -0.39 is 12.0 Å². The Morgan fingerprint density at radius 3 is 2.43 bits per heavy atom. The summed E-state index contributed by atoms with van der Waals surface area (Å²) in [5.41, 5.74) is 0.777. The first-order valence-electron chi connectivity index (χ1n) is 6.70. The van der Waals surface area contributed by atoms with Gasteiger partial charge in [-0.25, -0.2) is 4.79 Å². The maximum absolute atomic E-state index is 11.9. The van der Waals surface area contributed by atoms with Gasteiger partial charge in [-0.1, -0.05) is 30.3 Å². The molecule has 0 spiro atoms. The molecule has 1 unspecified atom stereocenters. The van der Waals surface area contributed by atoms with E-state index in [9.17, 15) is 9.59 Å². The third-order valence-corrected chi connectivity index (χ3v) is 4.36. The van der Waals surface area contributed by atoms with Crippen LogP contribution in [0, 0.1) is 0 Å². The maximum Gasteiger partial charge on any atom is 0.315 e. The van der Waals surface area contributed by atoms with E-state index in [2.05, 4.69) is 10.6 Å². The molecule has 0 aliphatic rings. The second-order valence-electron chi connectivity index (χ2n) is 5.35. The fourth-order valence-electron chi connectivity index (χ4n) is 1.69. The minimum absolute atomic E-state index is 0.0631. The lowest BCUT2D eigenvalue weighted by atomic mass is 10.0. The van der Waals surface area contributed by atoms with Crippen LogP contribution in [-0.4, -0.2) is 34.7 Å². The molecule has 2 amide bonds. The normalized spacial score (nSPS) is 12.5. The molecular formula is C15H22N2O3S. The summed E-state index contributed by atoms with van der Waals surface area (Å²) in [6.07, 6.45) is 1.83. The van der Waals surface area contributed by atoms with Gasteiger partial charge in [-0.15, -0.1) is 0 Å². The van der Waals surface area contributed by atoms with E-state index >= 15 is 0 Å². The topological polar surface area (TPSA) is 78.4 Å². The van der Waals surface area contributed by atoms with Crippen molar-refractivity contribution in [2.45, 2.75) is 31.1 Å². The number of rotatable bonds is 7. The van der Waals surface area contributed by atoms with Gasteiger partial charge in [0.2, 0.25) is 0 Å². The van der Waals surface area contributed by atoms with Gasteiger partial charge in [0.15, 0.2) is 0 Å². The number of thioether (sulfide) groups is 1. The van der Waals surface area contributed by atoms with Crippen LogP contribution in [0.1, 0.15) is 31.9 Å². The van der Waals surface area contributed by atoms with E-state index in [1.807, 2.05) is 38.3 Å². The van der Waals surface area contributed by atoms with Crippen LogP contribution in [0.25, 0.3) is 0 Å². The monoisotopic (exact) mass is 310 g/mol. The van der Waals surface area contributed by atoms with E-state index in [0.717, 1.165) is 5.56 Å². The smallest absolute Gasteiger partial charge is 0.315 e. The Morgan fingerprint density at radius 2 is 1.90 bits per heavy atom. The first kappa shape index (κ1) is 17.4. The number of aliphatic carboxylic acids is 1. The molecule has 1 aromatic carbocycles. The molecule has 1 rings (SSSR count). The predicted octanol–water partition coefficient (Wildman–Crippen LogP) is 2.64. The first-order valence-corrected chi connectivity index (χ1v) is 7.93. The zero-order valence-corrected chi connectivity index (χ0v) is 13.4. The highest BCUT2D eigenvalue weighted by atomic mass is 32.2. The number of nitrogens with one attached hydrogen (secondary N) is 2. The van der Waals surface area contributed by atoms with Crippen molar-refractivity contribution in [2.24, 2.45) is 0 Å². The molecule has 1 atom stereocenters. The van der Waals surface area contributed by atoms with Gasteiger partial charge in [-0.2, -0.15) is 11.8 Å². The summed E-state index contributed by atoms with van der Waals surface area (Å²) in [7, 11) is 0. The molecule has 6 heteroatoms. The van der Waals surface area contributed by atoms with E-state index in [4.69, 9.17) is 5.11 Å². The van der Waals surface area contributed by atoms with Crippen molar-refractivity contribution in [3.63, 3.8) is 0 Å². The Bertz CT molecular complexity index is 477. The molecule has 0 saturated carbocycles. The van der Waals surface area contributed by atoms with Crippen molar-refractivity contribution < 1.29 is 14.7 Å². The molecule has 3 N–H and O–H groups in total. The average molecular weight is 310 g/mol. The van der Waals surface area contributed by atoms with Gasteiger partial charge >= 0.3 is 12.0 Å². The minimum Gasteiger partial charge on any atom is -0.481 e. The Hall–Kier alpha value is -1.69. The molecule has 0 aromatic heterocycles. The largest absolute Gasteiger partial charge is 0.481 e. The molecule has 116 valence electrons. The van der Waals surface area contributed by atoms with Crippen molar-refractivity contribution >= 4 is 23.8 Å². The Balaban J connectivity index is 2.65. The standard InChI is InChI=1S/C15H22N2O3S/c1-15(2,21-3)10-16-14(20)17-12(9-13(18)19)11-7-5-4-6-8-11/h4-8,12H,9-10H2,1-3H3,(H,18,19)(H2,16,17,20). The third-order valence-electron chi connectivity index (χ3n) is 3.11. The molecule has 21 heavy (non-hydrogen) atoms. The van der Waals surface area contributed by atoms with Crippen molar-refractivity contribution in [3.05, 3.63) is 35.9 Å². The Kier molecular flexibility index (Phi) is 6.55. The summed E-state index contributed by atoms with van der Waals surface area (Å²) < 4.78 is -0.0631. The number of carboxylic acid groups (broad SMARTS) is 1. The molecule has 1 aromatic rings. The molecule has 5 nitrogen and oxygen atoms in total. The van der Waals surface area contributed by atoms with Gasteiger partial charge in [0.05, 0.1) is 12.5 Å². The van der Waals surface area contributed by atoms with Gasteiger partial charge in [0, 0.05) is 11.3 Å². The first-order chi connectivity index (χ1) is 9.84. The fraction of sp³-hybridized carbons (Fsp3) is 0.467. The van der Waals surface area contributed by atoms with E-state index in [0.29, 0.717) is 6.54 Å². The fourth-order valence-corrected chi connectivity index (χ4v) is 1.90. The summed E-state index contributed by atoms with van der Waals surface area (Å²) in [5.74, 6) is -0.950. The maximum atomic E-state index is 11.9. The SMILES string of the molecule is CSC(C)(C)CNC(=O)NC(CC(=O)O)c1ccccc1. The molecular weight excluding hydrogens is 288 g/mol. The Labute approximate surface area is 129 Å². The highest BCUT2D eigenvalue weighted by Crippen LogP contribution is 2.20. The van der Waals surface area contributed by atoms with Gasteiger partial charge in [-0.3, -0.25) is 4.79 Å². The van der Waals surface area contributed by atoms with Crippen LogP contribution in [0.5, 0.6) is 0 Å². The van der Waals surface area contributed by atoms with Gasteiger partial charge < -0.3 is 15.7 Å². The lowest BCUT2D eigenvalue weighted by Gasteiger charge is -2.24. The average Bonchev–Trinajstić information content (AvgIpc) is 2.45. The van der Waals surface area contributed by atoms with Crippen LogP contribution < -0.4 is 10.6 Å². The molecule has 0 radical (unpaired) electrons. The number of hydrogen-bond acceptors (Lipinski definition) is 3. The lowest BCUT2D eigenvalue weighted by molar-refractivity contribution is -0.137. The van der Waals surface area contributed by atoms with Gasteiger partial charge in [0.1, 0.15) is 0 Å². The molecule has 0 heterocycles. The van der Waals surface area contributed by atoms with Crippen molar-refractivity contribution in [2.75, 3.05) is 12.8 Å². The zero-order valence-electron chi connectivity index (χ0n) is 12.6. The molecule has 0 aliphatic carbocycles. The van der Waals surface area contributed by atoms with Crippen LogP contribution in [-0.2, 0) is 4.79 Å². The highest BCUT2D eigenvalue weighted by molar-refractivity contribution is 7.99. The third kappa shape index (κ3) is 6.53. The number of hydrogen-bond donors (Lipinski definition) is 3. The molecule has 0 saturated heterocycles. The Morgan fingerprint density at radius 1 is 1.29 bits per heavy atom.